The Morgan fingerprint density at radius 2 is 1.90 bits per heavy atom. The van der Waals surface area contributed by atoms with Crippen LogP contribution in [0.5, 0.6) is 5.75 Å². The van der Waals surface area contributed by atoms with Gasteiger partial charge in [0.1, 0.15) is 28.3 Å². The topological polar surface area (TPSA) is 127 Å². The number of benzene rings is 1. The standard InChI is InChI=1S/C30H27N5O6/c1-39-20-4-2-19-16-35(28(37)21(19)12-20)17-30(14-27(36)33-29(30)38)25-13-23-24(41-25)6-5-22(32-23)18-3-7-26(31-15-18)34-8-10-40-11-9-34/h2-7,12-13,15H,8-11,14,16-17H2,1H3,(H,33,36,38)/t30-/m1/s1. The number of nitrogens with zero attached hydrogens (tertiary/aromatic N) is 4. The number of furan rings is 1. The summed E-state index contributed by atoms with van der Waals surface area (Å²) in [5, 5.41) is 2.41. The number of fused-ring (bicyclic) bond motifs is 2. The molecule has 6 heterocycles. The van der Waals surface area contributed by atoms with E-state index in [1.165, 1.54) is 0 Å². The molecule has 4 aromatic rings. The minimum Gasteiger partial charge on any atom is -0.497 e. The average molecular weight is 554 g/mol. The molecule has 3 aliphatic rings. The minimum atomic E-state index is -1.37. The molecule has 1 atom stereocenters. The molecule has 0 bridgehead atoms. The van der Waals surface area contributed by atoms with Gasteiger partial charge in [0.2, 0.25) is 11.8 Å². The van der Waals surface area contributed by atoms with Gasteiger partial charge >= 0.3 is 0 Å². The zero-order chi connectivity index (χ0) is 28.1. The minimum absolute atomic E-state index is 0.0139. The summed E-state index contributed by atoms with van der Waals surface area (Å²) in [6.45, 7) is 3.27. The molecule has 3 aliphatic heterocycles. The summed E-state index contributed by atoms with van der Waals surface area (Å²) in [6, 6.07) is 14.6. The molecule has 1 N–H and O–H groups in total. The number of hydrogen-bond acceptors (Lipinski definition) is 9. The Morgan fingerprint density at radius 3 is 2.63 bits per heavy atom. The SMILES string of the molecule is COc1ccc2c(c1)C(=O)N(C[C@@]1(c3cc4nc(-c5ccc(N6CCOCC6)nc5)ccc4o3)CC(=O)NC1=O)C2. The number of pyridine rings is 2. The van der Waals surface area contributed by atoms with Crippen LogP contribution in [0.1, 0.15) is 28.1 Å². The van der Waals surface area contributed by atoms with Gasteiger partial charge in [-0.2, -0.15) is 0 Å². The summed E-state index contributed by atoms with van der Waals surface area (Å²) in [5.41, 5.74) is 2.54. The van der Waals surface area contributed by atoms with Crippen molar-refractivity contribution in [3.8, 4) is 17.0 Å². The number of ether oxygens (including phenoxy) is 2. The van der Waals surface area contributed by atoms with Gasteiger partial charge in [0.05, 0.1) is 32.4 Å². The van der Waals surface area contributed by atoms with Crippen LogP contribution in [0.15, 0.2) is 59.1 Å². The number of amides is 3. The Hall–Kier alpha value is -4.77. The number of aromatic nitrogens is 2. The molecule has 208 valence electrons. The molecule has 0 unspecified atom stereocenters. The first-order chi connectivity index (χ1) is 19.9. The van der Waals surface area contributed by atoms with Crippen LogP contribution in [-0.4, -0.2) is 72.5 Å². The largest absolute Gasteiger partial charge is 0.497 e. The predicted octanol–water partition coefficient (Wildman–Crippen LogP) is 2.68. The lowest BCUT2D eigenvalue weighted by Gasteiger charge is -2.28. The Bertz CT molecular complexity index is 1690. The summed E-state index contributed by atoms with van der Waals surface area (Å²) in [5.74, 6) is 0.622. The van der Waals surface area contributed by atoms with Gasteiger partial charge < -0.3 is 23.7 Å². The van der Waals surface area contributed by atoms with Gasteiger partial charge in [-0.05, 0) is 42.0 Å². The lowest BCUT2D eigenvalue weighted by Crippen LogP contribution is -2.46. The quantitative estimate of drug-likeness (QED) is 0.359. The summed E-state index contributed by atoms with van der Waals surface area (Å²) < 4.78 is 16.9. The Morgan fingerprint density at radius 1 is 1.05 bits per heavy atom. The molecule has 11 heteroatoms. The molecule has 1 aromatic carbocycles. The zero-order valence-corrected chi connectivity index (χ0v) is 22.4. The van der Waals surface area contributed by atoms with Crippen LogP contribution in [0, 0.1) is 0 Å². The fraction of sp³-hybridized carbons (Fsp3) is 0.300. The van der Waals surface area contributed by atoms with Crippen LogP contribution >= 0.6 is 0 Å². The zero-order valence-electron chi connectivity index (χ0n) is 22.4. The monoisotopic (exact) mass is 553 g/mol. The number of methoxy groups -OCH3 is 1. The van der Waals surface area contributed by atoms with Crippen LogP contribution in [0.3, 0.4) is 0 Å². The summed E-state index contributed by atoms with van der Waals surface area (Å²) in [7, 11) is 1.54. The molecular weight excluding hydrogens is 526 g/mol. The number of anilines is 1. The molecule has 2 saturated heterocycles. The van der Waals surface area contributed by atoms with Crippen LogP contribution in [0.4, 0.5) is 5.82 Å². The van der Waals surface area contributed by atoms with Gasteiger partial charge in [-0.25, -0.2) is 9.97 Å². The number of nitrogens with one attached hydrogen (secondary N) is 1. The molecule has 11 nitrogen and oxygen atoms in total. The van der Waals surface area contributed by atoms with E-state index < -0.39 is 17.2 Å². The van der Waals surface area contributed by atoms with Gasteiger partial charge in [-0.15, -0.1) is 0 Å². The van der Waals surface area contributed by atoms with E-state index in [1.54, 1.807) is 42.5 Å². The van der Waals surface area contributed by atoms with Crippen molar-refractivity contribution in [1.82, 2.24) is 20.2 Å². The second-order valence-electron chi connectivity index (χ2n) is 10.5. The van der Waals surface area contributed by atoms with Gasteiger partial charge in [0.25, 0.3) is 5.91 Å². The molecule has 0 saturated carbocycles. The smallest absolute Gasteiger partial charge is 0.254 e. The average Bonchev–Trinajstić information content (AvgIpc) is 3.66. The fourth-order valence-corrected chi connectivity index (χ4v) is 5.81. The van der Waals surface area contributed by atoms with Gasteiger partial charge in [-0.3, -0.25) is 19.7 Å². The second-order valence-corrected chi connectivity index (χ2v) is 10.5. The number of hydrogen-bond donors (Lipinski definition) is 1. The van der Waals surface area contributed by atoms with E-state index in [0.29, 0.717) is 53.6 Å². The maximum absolute atomic E-state index is 13.3. The lowest BCUT2D eigenvalue weighted by atomic mass is 9.82. The molecule has 2 fully saturated rings. The van der Waals surface area contributed by atoms with E-state index in [2.05, 4.69) is 15.2 Å². The molecular formula is C30H27N5O6. The van der Waals surface area contributed by atoms with E-state index in [0.717, 1.165) is 30.0 Å². The molecule has 3 amide bonds. The van der Waals surface area contributed by atoms with E-state index >= 15 is 0 Å². The highest BCUT2D eigenvalue weighted by Crippen LogP contribution is 2.39. The van der Waals surface area contributed by atoms with Crippen molar-refractivity contribution < 1.29 is 28.3 Å². The fourth-order valence-electron chi connectivity index (χ4n) is 5.81. The van der Waals surface area contributed by atoms with Crippen LogP contribution < -0.4 is 15.0 Å². The Labute approximate surface area is 235 Å². The van der Waals surface area contributed by atoms with Crippen molar-refractivity contribution in [3.05, 3.63) is 71.6 Å². The maximum atomic E-state index is 13.3. The maximum Gasteiger partial charge on any atom is 0.254 e. The Balaban J connectivity index is 1.19. The molecule has 0 radical (unpaired) electrons. The van der Waals surface area contributed by atoms with Crippen LogP contribution in [0.2, 0.25) is 0 Å². The van der Waals surface area contributed by atoms with E-state index in [4.69, 9.17) is 18.9 Å². The van der Waals surface area contributed by atoms with E-state index in [1.807, 2.05) is 24.3 Å². The summed E-state index contributed by atoms with van der Waals surface area (Å²) in [6.07, 6.45) is 1.66. The van der Waals surface area contributed by atoms with Crippen molar-refractivity contribution >= 4 is 34.6 Å². The molecule has 7 rings (SSSR count). The summed E-state index contributed by atoms with van der Waals surface area (Å²) in [4.78, 5) is 52.2. The molecule has 3 aromatic heterocycles. The first kappa shape index (κ1) is 25.2. The summed E-state index contributed by atoms with van der Waals surface area (Å²) >= 11 is 0. The van der Waals surface area contributed by atoms with Gasteiger partial charge in [-0.1, -0.05) is 6.07 Å². The van der Waals surface area contributed by atoms with E-state index in [9.17, 15) is 14.4 Å². The number of carbonyl (C=O) groups is 3. The third-order valence-electron chi connectivity index (χ3n) is 8.03. The molecule has 0 spiro atoms. The van der Waals surface area contributed by atoms with Gasteiger partial charge in [0.15, 0.2) is 5.58 Å². The van der Waals surface area contributed by atoms with Crippen molar-refractivity contribution in [2.75, 3.05) is 44.9 Å². The van der Waals surface area contributed by atoms with Crippen molar-refractivity contribution in [3.63, 3.8) is 0 Å². The third-order valence-corrected chi connectivity index (χ3v) is 8.03. The highest BCUT2D eigenvalue weighted by atomic mass is 16.5. The first-order valence-corrected chi connectivity index (χ1v) is 13.4. The number of rotatable bonds is 6. The normalized spacial score (nSPS) is 20.6. The highest BCUT2D eigenvalue weighted by molar-refractivity contribution is 6.10. The van der Waals surface area contributed by atoms with E-state index in [-0.39, 0.29) is 18.9 Å². The number of morpholine rings is 1. The lowest BCUT2D eigenvalue weighted by molar-refractivity contribution is -0.127. The predicted molar refractivity (Wildman–Crippen MR) is 147 cm³/mol. The second kappa shape index (κ2) is 9.70. The van der Waals surface area contributed by atoms with Crippen LogP contribution in [-0.2, 0) is 26.3 Å². The molecule has 0 aliphatic carbocycles. The Kier molecular flexibility index (Phi) is 5.97. The van der Waals surface area contributed by atoms with Crippen molar-refractivity contribution in [2.24, 2.45) is 0 Å². The first-order valence-electron chi connectivity index (χ1n) is 13.4. The van der Waals surface area contributed by atoms with Crippen LogP contribution in [0.25, 0.3) is 22.4 Å². The van der Waals surface area contributed by atoms with Crippen molar-refractivity contribution in [2.45, 2.75) is 18.4 Å². The highest BCUT2D eigenvalue weighted by Gasteiger charge is 2.53. The van der Waals surface area contributed by atoms with Gasteiger partial charge in [0, 0.05) is 49.6 Å². The number of imide groups is 1. The molecule has 41 heavy (non-hydrogen) atoms. The third kappa shape index (κ3) is 4.29. The number of carbonyl (C=O) groups excluding carboxylic acids is 3. The van der Waals surface area contributed by atoms with Crippen molar-refractivity contribution in [1.29, 1.82) is 0 Å².